The zero-order valence-corrected chi connectivity index (χ0v) is 19.8. The summed E-state index contributed by atoms with van der Waals surface area (Å²) >= 11 is 0. The van der Waals surface area contributed by atoms with Crippen molar-refractivity contribution < 1.29 is 41.6 Å². The molecule has 3 unspecified atom stereocenters. The second-order valence-corrected chi connectivity index (χ2v) is 10.1. The number of ether oxygens (including phenoxy) is 1. The number of barbiturate groups is 1. The van der Waals surface area contributed by atoms with Crippen LogP contribution in [0.15, 0.2) is 10.6 Å². The van der Waals surface area contributed by atoms with E-state index in [2.05, 4.69) is 15.8 Å². The van der Waals surface area contributed by atoms with E-state index < -0.39 is 72.1 Å². The van der Waals surface area contributed by atoms with Gasteiger partial charge in [0.05, 0.1) is 35.9 Å². The molecule has 1 aromatic heterocycles. The maximum Gasteiger partial charge on any atom is 0.328 e. The van der Waals surface area contributed by atoms with Gasteiger partial charge < -0.3 is 19.1 Å². The zero-order valence-electron chi connectivity index (χ0n) is 19.8. The molecule has 6 rings (SSSR count). The molecule has 0 bridgehead atoms. The minimum atomic E-state index is -3.04. The lowest BCUT2D eigenvalue weighted by Crippen LogP contribution is -2.75. The summed E-state index contributed by atoms with van der Waals surface area (Å²) in [6.07, 6.45) is -1.92. The lowest BCUT2D eigenvalue weighted by molar-refractivity contribution is -0.153. The van der Waals surface area contributed by atoms with Gasteiger partial charge in [0, 0.05) is 25.9 Å². The molecule has 196 valence electrons. The zero-order chi connectivity index (χ0) is 26.4. The van der Waals surface area contributed by atoms with E-state index in [0.717, 1.165) is 4.90 Å². The SMILES string of the molecule is CC1CN2c3c(cc4c(C(=O)N5CCC(F)(F)C5)noc4c3F)CC3(C(=O)NC(=O)NC3=O)C2C(C)O1. The first kappa shape index (κ1) is 23.7. The van der Waals surface area contributed by atoms with E-state index in [-0.39, 0.29) is 47.4 Å². The maximum absolute atomic E-state index is 16.0. The Morgan fingerprint density at radius 3 is 2.54 bits per heavy atom. The van der Waals surface area contributed by atoms with Gasteiger partial charge in [0.1, 0.15) is 0 Å². The maximum atomic E-state index is 16.0. The molecule has 3 fully saturated rings. The molecular formula is C23H22F3N5O6. The third-order valence-corrected chi connectivity index (χ3v) is 7.62. The van der Waals surface area contributed by atoms with E-state index in [1.807, 2.05) is 0 Å². The molecule has 0 aliphatic carbocycles. The number of nitrogens with one attached hydrogen (secondary N) is 2. The van der Waals surface area contributed by atoms with E-state index in [0.29, 0.717) is 0 Å². The molecule has 0 radical (unpaired) electrons. The van der Waals surface area contributed by atoms with Crippen LogP contribution in [0.5, 0.6) is 0 Å². The number of rotatable bonds is 1. The number of anilines is 1. The summed E-state index contributed by atoms with van der Waals surface area (Å²) in [6.45, 7) is 2.53. The van der Waals surface area contributed by atoms with Gasteiger partial charge in [-0.3, -0.25) is 25.0 Å². The number of benzene rings is 1. The fourth-order valence-electron chi connectivity index (χ4n) is 6.16. The predicted molar refractivity (Wildman–Crippen MR) is 118 cm³/mol. The van der Waals surface area contributed by atoms with Gasteiger partial charge >= 0.3 is 6.03 Å². The fourth-order valence-corrected chi connectivity index (χ4v) is 6.16. The van der Waals surface area contributed by atoms with Crippen LogP contribution in [0.4, 0.5) is 23.7 Å². The number of urea groups is 1. The Labute approximate surface area is 207 Å². The Balaban J connectivity index is 1.52. The lowest BCUT2D eigenvalue weighted by Gasteiger charge is -2.55. The molecule has 4 aliphatic heterocycles. The number of alkyl halides is 2. The second kappa shape index (κ2) is 7.66. The molecule has 3 atom stereocenters. The second-order valence-electron chi connectivity index (χ2n) is 10.1. The van der Waals surface area contributed by atoms with Gasteiger partial charge in [-0.25, -0.2) is 18.0 Å². The lowest BCUT2D eigenvalue weighted by atomic mass is 9.66. The van der Waals surface area contributed by atoms with Crippen LogP contribution in [-0.4, -0.2) is 77.6 Å². The van der Waals surface area contributed by atoms with Gasteiger partial charge in [-0.2, -0.15) is 0 Å². The van der Waals surface area contributed by atoms with Crippen molar-refractivity contribution >= 4 is 40.4 Å². The number of fused-ring (bicyclic) bond motifs is 5. The number of likely N-dealkylation sites (tertiary alicyclic amines) is 1. The van der Waals surface area contributed by atoms with Gasteiger partial charge in [0.15, 0.2) is 16.9 Å². The van der Waals surface area contributed by atoms with Gasteiger partial charge in [-0.15, -0.1) is 0 Å². The summed E-state index contributed by atoms with van der Waals surface area (Å²) in [7, 11) is 0. The third-order valence-electron chi connectivity index (χ3n) is 7.62. The van der Waals surface area contributed by atoms with Crippen LogP contribution < -0.4 is 15.5 Å². The van der Waals surface area contributed by atoms with E-state index >= 15 is 4.39 Å². The van der Waals surface area contributed by atoms with E-state index in [1.54, 1.807) is 18.7 Å². The van der Waals surface area contributed by atoms with Crippen LogP contribution in [0.2, 0.25) is 0 Å². The molecule has 2 aromatic rings. The highest BCUT2D eigenvalue weighted by Crippen LogP contribution is 2.49. The number of carbonyl (C=O) groups excluding carboxylic acids is 4. The summed E-state index contributed by atoms with van der Waals surface area (Å²) in [5, 5.41) is 7.91. The monoisotopic (exact) mass is 521 g/mol. The van der Waals surface area contributed by atoms with E-state index in [9.17, 15) is 28.0 Å². The minimum absolute atomic E-state index is 0.0606. The highest BCUT2D eigenvalue weighted by atomic mass is 19.3. The molecule has 1 aromatic carbocycles. The third kappa shape index (κ3) is 3.27. The van der Waals surface area contributed by atoms with Crippen LogP contribution >= 0.6 is 0 Å². The van der Waals surface area contributed by atoms with Crippen LogP contribution in [-0.2, 0) is 20.7 Å². The summed E-state index contributed by atoms with van der Waals surface area (Å²) in [6, 6.07) is -0.537. The molecule has 11 nitrogen and oxygen atoms in total. The molecule has 37 heavy (non-hydrogen) atoms. The molecule has 5 amide bonds. The molecule has 5 heterocycles. The van der Waals surface area contributed by atoms with Crippen LogP contribution in [0.25, 0.3) is 11.0 Å². The number of morpholine rings is 1. The first-order valence-electron chi connectivity index (χ1n) is 11.8. The van der Waals surface area contributed by atoms with Crippen LogP contribution in [0.3, 0.4) is 0 Å². The van der Waals surface area contributed by atoms with Gasteiger partial charge in [-0.1, -0.05) is 5.16 Å². The minimum Gasteiger partial charge on any atom is -0.372 e. The first-order valence-corrected chi connectivity index (χ1v) is 11.8. The number of aromatic nitrogens is 1. The van der Waals surface area contributed by atoms with E-state index in [1.165, 1.54) is 6.07 Å². The van der Waals surface area contributed by atoms with Crippen LogP contribution in [0.1, 0.15) is 36.3 Å². The van der Waals surface area contributed by atoms with Crippen molar-refractivity contribution in [3.05, 3.63) is 23.1 Å². The highest BCUT2D eigenvalue weighted by molar-refractivity contribution is 6.20. The van der Waals surface area contributed by atoms with Crippen LogP contribution in [0, 0.1) is 11.2 Å². The van der Waals surface area contributed by atoms with Crippen molar-refractivity contribution in [2.24, 2.45) is 5.41 Å². The number of hydrogen-bond donors (Lipinski definition) is 2. The number of amides is 5. The number of nitrogens with zero attached hydrogens (tertiary/aromatic N) is 3. The average Bonchev–Trinajstić information content (AvgIpc) is 3.39. The van der Waals surface area contributed by atoms with Crippen molar-refractivity contribution in [1.82, 2.24) is 20.7 Å². The topological polar surface area (TPSA) is 134 Å². The number of imide groups is 2. The number of halogens is 3. The Bertz CT molecular complexity index is 1370. The summed E-state index contributed by atoms with van der Waals surface area (Å²) in [5.74, 6) is -6.45. The number of carbonyl (C=O) groups is 4. The molecular weight excluding hydrogens is 499 g/mol. The fraction of sp³-hybridized carbons (Fsp3) is 0.522. The summed E-state index contributed by atoms with van der Waals surface area (Å²) < 4.78 is 54.6. The van der Waals surface area contributed by atoms with Gasteiger partial charge in [-0.05, 0) is 25.5 Å². The first-order chi connectivity index (χ1) is 17.4. The Morgan fingerprint density at radius 1 is 1.19 bits per heavy atom. The predicted octanol–water partition coefficient (Wildman–Crippen LogP) is 1.34. The van der Waals surface area contributed by atoms with E-state index in [4.69, 9.17) is 9.26 Å². The molecule has 2 N–H and O–H groups in total. The molecule has 4 aliphatic rings. The Kier molecular flexibility index (Phi) is 4.91. The molecule has 1 spiro atoms. The summed E-state index contributed by atoms with van der Waals surface area (Å²) in [5.41, 5.74) is -2.28. The van der Waals surface area contributed by atoms with Crippen molar-refractivity contribution in [2.45, 2.75) is 50.9 Å². The van der Waals surface area contributed by atoms with Gasteiger partial charge in [0.2, 0.25) is 17.4 Å². The molecule has 0 saturated carbocycles. The van der Waals surface area contributed by atoms with Crippen molar-refractivity contribution in [1.29, 1.82) is 0 Å². The quantitative estimate of drug-likeness (QED) is 0.537. The Hall–Kier alpha value is -3.68. The van der Waals surface area contributed by atoms with Crippen molar-refractivity contribution in [3.8, 4) is 0 Å². The average molecular weight is 521 g/mol. The Morgan fingerprint density at radius 2 is 1.89 bits per heavy atom. The molecule has 14 heteroatoms. The normalized spacial score (nSPS) is 28.2. The highest BCUT2D eigenvalue weighted by Gasteiger charge is 2.63. The van der Waals surface area contributed by atoms with Gasteiger partial charge in [0.25, 0.3) is 11.8 Å². The summed E-state index contributed by atoms with van der Waals surface area (Å²) in [4.78, 5) is 53.8. The largest absolute Gasteiger partial charge is 0.372 e. The van der Waals surface area contributed by atoms with Crippen molar-refractivity contribution in [3.63, 3.8) is 0 Å². The standard InChI is InChI=1S/C23H22F3N5O6/c1-9-7-31-15-11(6-23(17(31)10(2)36-9)19(33)27-21(35)28-20(23)34)5-12-14(29-37-16(12)13(15)24)18(32)30-4-3-22(25,26)8-30/h5,9-10,17H,3-4,6-8H2,1-2H3,(H2,27,28,33,34,35). The molecule has 3 saturated heterocycles. The smallest absolute Gasteiger partial charge is 0.328 e. The van der Waals surface area contributed by atoms with Crippen molar-refractivity contribution in [2.75, 3.05) is 24.5 Å². The number of hydrogen-bond acceptors (Lipinski definition) is 8.